The molecule has 1 aromatic heterocycles. The summed E-state index contributed by atoms with van der Waals surface area (Å²) in [5.74, 6) is 0.237. The number of hydroxylamine groups is 1. The first-order valence-corrected chi connectivity index (χ1v) is 10.4. The van der Waals surface area contributed by atoms with Crippen LogP contribution in [0.3, 0.4) is 0 Å². The molecule has 0 unspecified atom stereocenters. The van der Waals surface area contributed by atoms with E-state index in [1.165, 1.54) is 10.9 Å². The van der Waals surface area contributed by atoms with E-state index in [0.29, 0.717) is 41.1 Å². The number of carbonyl (C=O) groups excluding carboxylic acids is 1. The normalized spacial score (nSPS) is 10.9. The van der Waals surface area contributed by atoms with Gasteiger partial charge in [0.1, 0.15) is 18.7 Å². The molecule has 3 rings (SSSR count). The van der Waals surface area contributed by atoms with Crippen molar-refractivity contribution >= 4 is 16.8 Å². The van der Waals surface area contributed by atoms with Crippen LogP contribution in [0.5, 0.6) is 5.75 Å². The van der Waals surface area contributed by atoms with Crippen molar-refractivity contribution in [1.29, 1.82) is 0 Å². The van der Waals surface area contributed by atoms with Crippen LogP contribution in [0.15, 0.2) is 47.5 Å². The van der Waals surface area contributed by atoms with Gasteiger partial charge in [-0.1, -0.05) is 13.0 Å². The van der Waals surface area contributed by atoms with Gasteiger partial charge in [0.2, 0.25) is 0 Å². The van der Waals surface area contributed by atoms with Crippen LogP contribution in [-0.4, -0.2) is 41.8 Å². The summed E-state index contributed by atoms with van der Waals surface area (Å²) in [6.45, 7) is 8.31. The van der Waals surface area contributed by atoms with Crippen LogP contribution < -0.4 is 21.1 Å². The predicted octanol–water partition coefficient (Wildman–Crippen LogP) is 2.75. The van der Waals surface area contributed by atoms with Crippen molar-refractivity contribution in [2.75, 3.05) is 26.3 Å². The van der Waals surface area contributed by atoms with Gasteiger partial charge < -0.3 is 10.1 Å². The first kappa shape index (κ1) is 22.5. The number of fused-ring (bicyclic) bond motifs is 1. The molecular formula is C23H28N4O4. The third-order valence-corrected chi connectivity index (χ3v) is 4.74. The number of amides is 1. The highest BCUT2D eigenvalue weighted by atomic mass is 16.6. The fourth-order valence-electron chi connectivity index (χ4n) is 3.11. The van der Waals surface area contributed by atoms with Crippen LogP contribution >= 0.6 is 0 Å². The first-order valence-electron chi connectivity index (χ1n) is 10.4. The Balaban J connectivity index is 1.91. The molecule has 0 aliphatic heterocycles. The van der Waals surface area contributed by atoms with Crippen LogP contribution in [0.1, 0.15) is 36.2 Å². The zero-order valence-electron chi connectivity index (χ0n) is 18.1. The SMILES string of the molecule is CCCNCCOc1ccc2ncn(-c3cc(C(=O)NOCC)ccc3C)c(=O)c2c1. The van der Waals surface area contributed by atoms with Gasteiger partial charge in [-0.25, -0.2) is 10.5 Å². The molecule has 8 heteroatoms. The number of ether oxygens (including phenoxy) is 1. The Morgan fingerprint density at radius 1 is 1.13 bits per heavy atom. The minimum absolute atomic E-state index is 0.231. The van der Waals surface area contributed by atoms with E-state index in [0.717, 1.165) is 25.1 Å². The van der Waals surface area contributed by atoms with E-state index < -0.39 is 0 Å². The van der Waals surface area contributed by atoms with Crippen molar-refractivity contribution in [2.45, 2.75) is 27.2 Å². The maximum Gasteiger partial charge on any atom is 0.274 e. The molecule has 0 aliphatic carbocycles. The summed E-state index contributed by atoms with van der Waals surface area (Å²) in [5.41, 5.74) is 4.53. The molecule has 8 nitrogen and oxygen atoms in total. The smallest absolute Gasteiger partial charge is 0.274 e. The second kappa shape index (κ2) is 10.7. The summed E-state index contributed by atoms with van der Waals surface area (Å²) < 4.78 is 7.21. The number of carbonyl (C=O) groups is 1. The fraction of sp³-hybridized carbons (Fsp3) is 0.348. The van der Waals surface area contributed by atoms with Crippen molar-refractivity contribution in [1.82, 2.24) is 20.3 Å². The molecule has 0 saturated carbocycles. The van der Waals surface area contributed by atoms with Crippen molar-refractivity contribution in [3.05, 3.63) is 64.2 Å². The highest BCUT2D eigenvalue weighted by Gasteiger charge is 2.13. The Hall–Kier alpha value is -3.23. The Bertz CT molecular complexity index is 1110. The van der Waals surface area contributed by atoms with Crippen LogP contribution in [0.25, 0.3) is 16.6 Å². The molecule has 0 bridgehead atoms. The van der Waals surface area contributed by atoms with Crippen LogP contribution in [0.4, 0.5) is 0 Å². The number of nitrogens with one attached hydrogen (secondary N) is 2. The second-order valence-electron chi connectivity index (χ2n) is 7.06. The molecule has 2 N–H and O–H groups in total. The molecule has 0 saturated heterocycles. The minimum atomic E-state index is -0.378. The standard InChI is InChI=1S/C23H28N4O4/c1-4-10-24-11-12-30-18-8-9-20-19(14-18)23(29)27(15-25-20)21-13-17(7-6-16(21)3)22(28)26-31-5-2/h6-9,13-15,24H,4-5,10-12H2,1-3H3,(H,26,28). The summed E-state index contributed by atoms with van der Waals surface area (Å²) in [6.07, 6.45) is 2.54. The number of benzene rings is 2. The molecule has 0 radical (unpaired) electrons. The van der Waals surface area contributed by atoms with E-state index in [-0.39, 0.29) is 11.5 Å². The zero-order chi connectivity index (χ0) is 22.2. The zero-order valence-corrected chi connectivity index (χ0v) is 18.1. The van der Waals surface area contributed by atoms with Crippen LogP contribution in [-0.2, 0) is 4.84 Å². The molecular weight excluding hydrogens is 396 g/mol. The Morgan fingerprint density at radius 3 is 2.74 bits per heavy atom. The Kier molecular flexibility index (Phi) is 7.75. The van der Waals surface area contributed by atoms with E-state index in [4.69, 9.17) is 9.57 Å². The molecule has 1 amide bonds. The van der Waals surface area contributed by atoms with Gasteiger partial charge in [0.25, 0.3) is 11.5 Å². The minimum Gasteiger partial charge on any atom is -0.492 e. The quantitative estimate of drug-likeness (QED) is 0.384. The molecule has 0 aliphatic rings. The van der Waals surface area contributed by atoms with E-state index in [9.17, 15) is 9.59 Å². The number of hydrogen-bond acceptors (Lipinski definition) is 6. The number of nitrogens with zero attached hydrogens (tertiary/aromatic N) is 2. The van der Waals surface area contributed by atoms with Gasteiger partial charge in [0.15, 0.2) is 0 Å². The van der Waals surface area contributed by atoms with Gasteiger partial charge in [0, 0.05) is 12.1 Å². The van der Waals surface area contributed by atoms with Gasteiger partial charge in [-0.3, -0.25) is 19.0 Å². The maximum atomic E-state index is 13.2. The van der Waals surface area contributed by atoms with Crippen molar-refractivity contribution in [2.24, 2.45) is 0 Å². The van der Waals surface area contributed by atoms with Gasteiger partial charge >= 0.3 is 0 Å². The second-order valence-corrected chi connectivity index (χ2v) is 7.06. The fourth-order valence-corrected chi connectivity index (χ4v) is 3.11. The summed E-state index contributed by atoms with van der Waals surface area (Å²) in [6, 6.07) is 10.4. The summed E-state index contributed by atoms with van der Waals surface area (Å²) >= 11 is 0. The molecule has 0 atom stereocenters. The van der Waals surface area contributed by atoms with E-state index in [2.05, 4.69) is 22.7 Å². The van der Waals surface area contributed by atoms with Gasteiger partial charge in [-0.15, -0.1) is 0 Å². The third kappa shape index (κ3) is 5.48. The number of aromatic nitrogens is 2. The monoisotopic (exact) mass is 424 g/mol. The molecule has 2 aromatic carbocycles. The number of hydrogen-bond donors (Lipinski definition) is 2. The average Bonchev–Trinajstić information content (AvgIpc) is 2.78. The van der Waals surface area contributed by atoms with Gasteiger partial charge in [-0.05, 0) is 62.7 Å². The molecule has 31 heavy (non-hydrogen) atoms. The topological polar surface area (TPSA) is 94.5 Å². The largest absolute Gasteiger partial charge is 0.492 e. The van der Waals surface area contributed by atoms with Gasteiger partial charge in [0.05, 0.1) is 23.2 Å². The van der Waals surface area contributed by atoms with Crippen LogP contribution in [0, 0.1) is 6.92 Å². The van der Waals surface area contributed by atoms with Crippen molar-refractivity contribution in [3.8, 4) is 11.4 Å². The van der Waals surface area contributed by atoms with E-state index in [1.807, 2.05) is 13.0 Å². The average molecular weight is 425 g/mol. The Morgan fingerprint density at radius 2 is 1.97 bits per heavy atom. The number of rotatable bonds is 10. The van der Waals surface area contributed by atoms with Gasteiger partial charge in [-0.2, -0.15) is 0 Å². The van der Waals surface area contributed by atoms with Crippen LogP contribution in [0.2, 0.25) is 0 Å². The lowest BCUT2D eigenvalue weighted by molar-refractivity contribution is 0.0364. The lowest BCUT2D eigenvalue weighted by Gasteiger charge is -2.12. The summed E-state index contributed by atoms with van der Waals surface area (Å²) in [4.78, 5) is 34.9. The lowest BCUT2D eigenvalue weighted by Crippen LogP contribution is -2.25. The highest BCUT2D eigenvalue weighted by molar-refractivity contribution is 5.94. The maximum absolute atomic E-state index is 13.2. The molecule has 0 fully saturated rings. The van der Waals surface area contributed by atoms with E-state index in [1.54, 1.807) is 37.3 Å². The third-order valence-electron chi connectivity index (χ3n) is 4.74. The predicted molar refractivity (Wildman–Crippen MR) is 120 cm³/mol. The molecule has 3 aromatic rings. The lowest BCUT2D eigenvalue weighted by atomic mass is 10.1. The molecule has 0 spiro atoms. The summed E-state index contributed by atoms with van der Waals surface area (Å²) in [5, 5.41) is 3.72. The highest BCUT2D eigenvalue weighted by Crippen LogP contribution is 2.19. The van der Waals surface area contributed by atoms with Crippen molar-refractivity contribution < 1.29 is 14.4 Å². The number of aryl methyl sites for hydroxylation is 1. The molecule has 1 heterocycles. The molecule has 164 valence electrons. The Labute approximate surface area is 181 Å². The van der Waals surface area contributed by atoms with Crippen molar-refractivity contribution in [3.63, 3.8) is 0 Å². The van der Waals surface area contributed by atoms with E-state index >= 15 is 0 Å². The summed E-state index contributed by atoms with van der Waals surface area (Å²) in [7, 11) is 0. The first-order chi connectivity index (χ1) is 15.0.